The van der Waals surface area contributed by atoms with Crippen molar-refractivity contribution < 1.29 is 17.9 Å². The summed E-state index contributed by atoms with van der Waals surface area (Å²) in [7, 11) is -3.37. The van der Waals surface area contributed by atoms with E-state index in [-0.39, 0.29) is 11.7 Å². The number of sulfonamides is 1. The summed E-state index contributed by atoms with van der Waals surface area (Å²) >= 11 is 0. The summed E-state index contributed by atoms with van der Waals surface area (Å²) in [6.45, 7) is 4.05. The summed E-state index contributed by atoms with van der Waals surface area (Å²) in [4.78, 5) is 14.2. The lowest BCUT2D eigenvalue weighted by Gasteiger charge is -2.34. The first-order valence-electron chi connectivity index (χ1n) is 9.94. The normalized spacial score (nSPS) is 15.3. The average Bonchev–Trinajstić information content (AvgIpc) is 2.73. The maximum absolute atomic E-state index is 12.6. The van der Waals surface area contributed by atoms with Crippen molar-refractivity contribution in [2.75, 3.05) is 32.8 Å². The lowest BCUT2D eigenvalue weighted by molar-refractivity contribution is -0.132. The second kappa shape index (κ2) is 9.89. The van der Waals surface area contributed by atoms with Gasteiger partial charge in [-0.2, -0.15) is 4.31 Å². The SMILES string of the molecule is Cc1ccccc1OCCCC(=O)N1CCN(S(=O)(=O)Cc2ccccc2)CC1. The molecule has 1 saturated heterocycles. The highest BCUT2D eigenvalue weighted by Gasteiger charge is 2.28. The standard InChI is InChI=1S/C22H28N2O4S/c1-19-8-5-6-11-21(19)28-17-7-12-22(25)23-13-15-24(16-14-23)29(26,27)18-20-9-3-2-4-10-20/h2-6,8-11H,7,12-18H2,1H3. The molecule has 1 aliphatic heterocycles. The third-order valence-corrected chi connectivity index (χ3v) is 6.91. The summed E-state index contributed by atoms with van der Waals surface area (Å²) in [6.07, 6.45) is 1.04. The highest BCUT2D eigenvalue weighted by molar-refractivity contribution is 7.88. The molecule has 2 aromatic rings. The van der Waals surface area contributed by atoms with Gasteiger partial charge in [-0.25, -0.2) is 8.42 Å². The lowest BCUT2D eigenvalue weighted by atomic mass is 10.2. The predicted molar refractivity (Wildman–Crippen MR) is 113 cm³/mol. The number of aryl methyl sites for hydroxylation is 1. The molecule has 1 heterocycles. The second-order valence-electron chi connectivity index (χ2n) is 7.24. The number of para-hydroxylation sites is 1. The highest BCUT2D eigenvalue weighted by atomic mass is 32.2. The molecule has 0 bridgehead atoms. The van der Waals surface area contributed by atoms with Gasteiger partial charge in [-0.1, -0.05) is 48.5 Å². The van der Waals surface area contributed by atoms with Gasteiger partial charge in [0.1, 0.15) is 5.75 Å². The number of nitrogens with zero attached hydrogens (tertiary/aromatic N) is 2. The van der Waals surface area contributed by atoms with Crippen molar-refractivity contribution in [3.63, 3.8) is 0 Å². The Balaban J connectivity index is 1.40. The van der Waals surface area contributed by atoms with Crippen molar-refractivity contribution in [3.8, 4) is 5.75 Å². The zero-order valence-corrected chi connectivity index (χ0v) is 17.6. The number of carbonyl (C=O) groups is 1. The van der Waals surface area contributed by atoms with Crippen molar-refractivity contribution in [1.82, 2.24) is 9.21 Å². The third kappa shape index (κ3) is 6.05. The number of carbonyl (C=O) groups excluding carboxylic acids is 1. The Morgan fingerprint density at radius 3 is 2.31 bits per heavy atom. The van der Waals surface area contributed by atoms with Crippen LogP contribution in [0.15, 0.2) is 54.6 Å². The molecule has 0 atom stereocenters. The molecule has 1 aliphatic rings. The topological polar surface area (TPSA) is 66.9 Å². The van der Waals surface area contributed by atoms with Crippen LogP contribution in [0.3, 0.4) is 0 Å². The Bertz CT molecular complexity index is 907. The minimum atomic E-state index is -3.37. The molecule has 2 aromatic carbocycles. The number of ether oxygens (including phenoxy) is 1. The zero-order chi connectivity index (χ0) is 20.7. The molecular weight excluding hydrogens is 388 g/mol. The van der Waals surface area contributed by atoms with Crippen molar-refractivity contribution in [1.29, 1.82) is 0 Å². The van der Waals surface area contributed by atoms with Crippen molar-refractivity contribution >= 4 is 15.9 Å². The van der Waals surface area contributed by atoms with Crippen molar-refractivity contribution in [2.45, 2.75) is 25.5 Å². The van der Waals surface area contributed by atoms with Crippen LogP contribution in [-0.2, 0) is 20.6 Å². The Morgan fingerprint density at radius 2 is 1.62 bits per heavy atom. The van der Waals surface area contributed by atoms with Gasteiger partial charge in [0.15, 0.2) is 0 Å². The van der Waals surface area contributed by atoms with E-state index in [0.29, 0.717) is 45.6 Å². The van der Waals surface area contributed by atoms with Crippen molar-refractivity contribution in [3.05, 3.63) is 65.7 Å². The fraction of sp³-hybridized carbons (Fsp3) is 0.409. The van der Waals surface area contributed by atoms with E-state index >= 15 is 0 Å². The Morgan fingerprint density at radius 1 is 0.966 bits per heavy atom. The number of hydrogen-bond donors (Lipinski definition) is 0. The summed E-state index contributed by atoms with van der Waals surface area (Å²) < 4.78 is 32.4. The highest BCUT2D eigenvalue weighted by Crippen LogP contribution is 2.17. The van der Waals surface area contributed by atoms with Crippen molar-refractivity contribution in [2.24, 2.45) is 0 Å². The number of piperazine rings is 1. The van der Waals surface area contributed by atoms with Gasteiger partial charge in [0, 0.05) is 32.6 Å². The fourth-order valence-electron chi connectivity index (χ4n) is 3.37. The number of rotatable bonds is 8. The molecule has 0 saturated carbocycles. The predicted octanol–water partition coefficient (Wildman–Crippen LogP) is 2.83. The molecule has 0 N–H and O–H groups in total. The molecule has 29 heavy (non-hydrogen) atoms. The largest absolute Gasteiger partial charge is 0.493 e. The maximum Gasteiger partial charge on any atom is 0.222 e. The van der Waals surface area contributed by atoms with E-state index in [0.717, 1.165) is 16.9 Å². The first-order valence-corrected chi connectivity index (χ1v) is 11.5. The summed E-state index contributed by atoms with van der Waals surface area (Å²) in [5, 5.41) is 0. The van der Waals surface area contributed by atoms with Crippen LogP contribution in [0.1, 0.15) is 24.0 Å². The molecule has 0 radical (unpaired) electrons. The molecular formula is C22H28N2O4S. The monoisotopic (exact) mass is 416 g/mol. The summed E-state index contributed by atoms with van der Waals surface area (Å²) in [5.74, 6) is 0.897. The molecule has 156 valence electrons. The zero-order valence-electron chi connectivity index (χ0n) is 16.8. The minimum absolute atomic E-state index is 0.00196. The number of amides is 1. The van der Waals surface area contributed by atoms with Gasteiger partial charge < -0.3 is 9.64 Å². The first-order chi connectivity index (χ1) is 14.0. The smallest absolute Gasteiger partial charge is 0.222 e. The first kappa shape index (κ1) is 21.3. The van der Waals surface area contributed by atoms with E-state index in [1.54, 1.807) is 4.90 Å². The van der Waals surface area contributed by atoms with Gasteiger partial charge in [0.25, 0.3) is 0 Å². The van der Waals surface area contributed by atoms with Crippen LogP contribution in [0, 0.1) is 6.92 Å². The summed E-state index contributed by atoms with van der Waals surface area (Å²) in [5.41, 5.74) is 1.85. The van der Waals surface area contributed by atoms with Crippen LogP contribution in [0.4, 0.5) is 0 Å². The van der Waals surface area contributed by atoms with Gasteiger partial charge in [-0.15, -0.1) is 0 Å². The Hall–Kier alpha value is -2.38. The van der Waals surface area contributed by atoms with Crippen LogP contribution >= 0.6 is 0 Å². The summed E-state index contributed by atoms with van der Waals surface area (Å²) in [6, 6.07) is 17.0. The van der Waals surface area contributed by atoms with Gasteiger partial charge in [0.2, 0.25) is 15.9 Å². The van der Waals surface area contributed by atoms with Crippen LogP contribution in [0.5, 0.6) is 5.75 Å². The third-order valence-electron chi connectivity index (χ3n) is 5.06. The van der Waals surface area contributed by atoms with Gasteiger partial charge in [0.05, 0.1) is 12.4 Å². The number of benzene rings is 2. The Kier molecular flexibility index (Phi) is 7.28. The van der Waals surface area contributed by atoms with Gasteiger partial charge in [-0.3, -0.25) is 4.79 Å². The van der Waals surface area contributed by atoms with E-state index in [1.807, 2.05) is 61.5 Å². The van der Waals surface area contributed by atoms with Gasteiger partial charge >= 0.3 is 0 Å². The van der Waals surface area contributed by atoms with E-state index in [4.69, 9.17) is 4.74 Å². The molecule has 0 aromatic heterocycles. The van der Waals surface area contributed by atoms with E-state index in [2.05, 4.69) is 0 Å². The Labute approximate surface area is 173 Å². The van der Waals surface area contributed by atoms with Crippen LogP contribution in [0.25, 0.3) is 0 Å². The van der Waals surface area contributed by atoms with E-state index in [1.165, 1.54) is 4.31 Å². The fourth-order valence-corrected chi connectivity index (χ4v) is 4.89. The molecule has 0 aliphatic carbocycles. The van der Waals surface area contributed by atoms with E-state index in [9.17, 15) is 13.2 Å². The molecule has 6 nitrogen and oxygen atoms in total. The molecule has 0 spiro atoms. The minimum Gasteiger partial charge on any atom is -0.493 e. The molecule has 1 amide bonds. The number of hydrogen-bond acceptors (Lipinski definition) is 4. The average molecular weight is 417 g/mol. The quantitative estimate of drug-likeness (QED) is 0.621. The van der Waals surface area contributed by atoms with Crippen LogP contribution in [0.2, 0.25) is 0 Å². The lowest BCUT2D eigenvalue weighted by Crippen LogP contribution is -2.50. The second-order valence-corrected chi connectivity index (χ2v) is 9.21. The maximum atomic E-state index is 12.6. The van der Waals surface area contributed by atoms with Crippen LogP contribution < -0.4 is 4.74 Å². The van der Waals surface area contributed by atoms with E-state index < -0.39 is 10.0 Å². The van der Waals surface area contributed by atoms with Gasteiger partial charge in [-0.05, 0) is 30.5 Å². The molecule has 1 fully saturated rings. The van der Waals surface area contributed by atoms with Crippen LogP contribution in [-0.4, -0.2) is 56.3 Å². The molecule has 7 heteroatoms. The molecule has 3 rings (SSSR count). The molecule has 0 unspecified atom stereocenters.